The topological polar surface area (TPSA) is 65.4 Å². The highest BCUT2D eigenvalue weighted by Gasteiger charge is 2.42. The molecule has 1 unspecified atom stereocenters. The van der Waals surface area contributed by atoms with Crippen LogP contribution in [0.2, 0.25) is 5.02 Å². The second kappa shape index (κ2) is 9.79. The van der Waals surface area contributed by atoms with E-state index in [0.29, 0.717) is 10.9 Å². The molecule has 0 radical (unpaired) electrons. The first-order chi connectivity index (χ1) is 17.3. The fourth-order valence-electron chi connectivity index (χ4n) is 3.40. The average molecular weight is 565 g/mol. The first-order valence-corrected chi connectivity index (χ1v) is 10.9. The molecular weight excluding hydrogens is 552 g/mol. The number of aliphatic imine (C=N–C) groups is 1. The third-order valence-electron chi connectivity index (χ3n) is 4.89. The molecule has 0 amide bonds. The van der Waals surface area contributed by atoms with Crippen LogP contribution in [0.25, 0.3) is 28.3 Å². The van der Waals surface area contributed by atoms with Gasteiger partial charge in [-0.25, -0.2) is 18.5 Å². The SMILES string of the molecule is CO/C(=N\c1c(-c2c(F)cccc2Cl)noc1-c1cnn(-c2cccc(F)c2)c1C(F)(F)F)C(F)(F)P. The molecular formula is C22H13ClF7N4O2P. The zero-order valence-corrected chi connectivity index (χ0v) is 20.2. The lowest BCUT2D eigenvalue weighted by Crippen LogP contribution is -2.22. The van der Waals surface area contributed by atoms with E-state index in [2.05, 4.69) is 20.0 Å². The smallest absolute Gasteiger partial charge is 0.434 e. The summed E-state index contributed by atoms with van der Waals surface area (Å²) < 4.78 is 109. The first kappa shape index (κ1) is 26.6. The van der Waals surface area contributed by atoms with Crippen LogP contribution >= 0.6 is 20.8 Å². The number of ether oxygens (including phenoxy) is 1. The number of nitrogens with zero attached hydrogens (tertiary/aromatic N) is 4. The molecule has 2 heterocycles. The zero-order valence-electron chi connectivity index (χ0n) is 18.3. The second-order valence-corrected chi connectivity index (χ2v) is 8.48. The summed E-state index contributed by atoms with van der Waals surface area (Å²) >= 11 is 6.07. The predicted molar refractivity (Wildman–Crippen MR) is 123 cm³/mol. The van der Waals surface area contributed by atoms with Crippen molar-refractivity contribution in [3.05, 3.63) is 71.0 Å². The van der Waals surface area contributed by atoms with E-state index in [1.54, 1.807) is 0 Å². The van der Waals surface area contributed by atoms with Gasteiger partial charge in [-0.2, -0.15) is 27.1 Å². The van der Waals surface area contributed by atoms with Crippen molar-refractivity contribution in [2.75, 3.05) is 7.11 Å². The minimum Gasteiger partial charge on any atom is -0.479 e. The maximum absolute atomic E-state index is 14.7. The molecule has 0 saturated carbocycles. The molecule has 2 aromatic carbocycles. The van der Waals surface area contributed by atoms with Crippen LogP contribution in [0.5, 0.6) is 0 Å². The van der Waals surface area contributed by atoms with Gasteiger partial charge in [0.1, 0.15) is 23.0 Å². The van der Waals surface area contributed by atoms with E-state index in [1.165, 1.54) is 18.2 Å². The Balaban J connectivity index is 2.06. The number of rotatable bonds is 5. The summed E-state index contributed by atoms with van der Waals surface area (Å²) in [7, 11) is 2.00. The van der Waals surface area contributed by atoms with Crippen LogP contribution in [0.3, 0.4) is 0 Å². The average Bonchev–Trinajstić information content (AvgIpc) is 3.41. The Hall–Kier alpha value is -3.44. The molecule has 194 valence electrons. The third kappa shape index (κ3) is 5.19. The van der Waals surface area contributed by atoms with Crippen molar-refractivity contribution in [2.24, 2.45) is 4.99 Å². The molecule has 6 nitrogen and oxygen atoms in total. The Morgan fingerprint density at radius 3 is 2.41 bits per heavy atom. The van der Waals surface area contributed by atoms with E-state index < -0.39 is 63.3 Å². The lowest BCUT2D eigenvalue weighted by atomic mass is 10.1. The van der Waals surface area contributed by atoms with Crippen molar-refractivity contribution < 1.29 is 40.0 Å². The Kier molecular flexibility index (Phi) is 7.04. The summed E-state index contributed by atoms with van der Waals surface area (Å²) in [6.07, 6.45) is -4.42. The number of benzene rings is 2. The monoisotopic (exact) mass is 564 g/mol. The van der Waals surface area contributed by atoms with Gasteiger partial charge in [0.15, 0.2) is 11.5 Å². The maximum Gasteiger partial charge on any atom is 0.434 e. The minimum absolute atomic E-state index is 0.251. The number of aromatic nitrogens is 3. The maximum atomic E-state index is 14.7. The first-order valence-electron chi connectivity index (χ1n) is 9.98. The highest BCUT2D eigenvalue weighted by atomic mass is 35.5. The molecule has 0 aliphatic carbocycles. The number of halogens is 8. The fraction of sp³-hybridized carbons (Fsp3) is 0.136. The number of alkyl halides is 5. The van der Waals surface area contributed by atoms with Gasteiger partial charge in [-0.1, -0.05) is 38.1 Å². The quantitative estimate of drug-likeness (QED) is 0.111. The van der Waals surface area contributed by atoms with E-state index in [0.717, 1.165) is 40.6 Å². The molecule has 0 spiro atoms. The molecule has 1 atom stereocenters. The van der Waals surface area contributed by atoms with Crippen LogP contribution in [-0.2, 0) is 10.9 Å². The van der Waals surface area contributed by atoms with Crippen LogP contribution in [-0.4, -0.2) is 33.6 Å². The predicted octanol–water partition coefficient (Wildman–Crippen LogP) is 7.29. The summed E-state index contributed by atoms with van der Waals surface area (Å²) in [4.78, 5) is 3.64. The molecule has 15 heteroatoms. The van der Waals surface area contributed by atoms with Gasteiger partial charge in [-0.3, -0.25) is 0 Å². The van der Waals surface area contributed by atoms with E-state index >= 15 is 0 Å². The molecule has 4 rings (SSSR count). The standard InChI is InChI=1S/C22H13ClF7N4O2P/c1-35-20(22(29,30)37)32-17-16(15-13(23)6-3-7-14(15)25)33-36-18(17)12-9-31-34(19(12)21(26,27)28)11-5-2-4-10(24)8-11/h2-9H,37H2,1H3/b32-20-. The molecule has 0 aliphatic rings. The van der Waals surface area contributed by atoms with Crippen molar-refractivity contribution >= 4 is 32.4 Å². The number of hydrogen-bond donors (Lipinski definition) is 0. The molecule has 0 N–H and O–H groups in total. The summed E-state index contributed by atoms with van der Waals surface area (Å²) in [6.45, 7) is 0. The van der Waals surface area contributed by atoms with Crippen LogP contribution in [0.15, 0.2) is 58.2 Å². The minimum atomic E-state index is -5.11. The molecule has 37 heavy (non-hydrogen) atoms. The summed E-state index contributed by atoms with van der Waals surface area (Å²) in [5.41, 5.74) is -8.12. The molecule has 2 aromatic heterocycles. The van der Waals surface area contributed by atoms with Crippen molar-refractivity contribution in [3.8, 4) is 28.3 Å². The van der Waals surface area contributed by atoms with Crippen molar-refractivity contribution in [1.82, 2.24) is 14.9 Å². The van der Waals surface area contributed by atoms with Gasteiger partial charge in [0.05, 0.1) is 35.1 Å². The third-order valence-corrected chi connectivity index (χ3v) is 5.46. The summed E-state index contributed by atoms with van der Waals surface area (Å²) in [5, 5.41) is 7.03. The Labute approximate surface area is 210 Å². The molecule has 0 bridgehead atoms. The van der Waals surface area contributed by atoms with Gasteiger partial charge in [0.25, 0.3) is 5.90 Å². The van der Waals surface area contributed by atoms with Gasteiger partial charge >= 0.3 is 11.8 Å². The van der Waals surface area contributed by atoms with Crippen molar-refractivity contribution in [2.45, 2.75) is 11.8 Å². The molecule has 0 fully saturated rings. The van der Waals surface area contributed by atoms with Crippen molar-refractivity contribution in [1.29, 1.82) is 0 Å². The highest BCUT2D eigenvalue weighted by molar-refractivity contribution is 7.20. The Bertz CT molecular complexity index is 1470. The fourth-order valence-corrected chi connectivity index (χ4v) is 3.84. The summed E-state index contributed by atoms with van der Waals surface area (Å²) in [5.74, 6) is -3.88. The highest BCUT2D eigenvalue weighted by Crippen LogP contribution is 2.47. The van der Waals surface area contributed by atoms with E-state index in [-0.39, 0.29) is 10.7 Å². The van der Waals surface area contributed by atoms with Gasteiger partial charge in [-0.15, -0.1) is 0 Å². The van der Waals surface area contributed by atoms with E-state index in [9.17, 15) is 30.7 Å². The van der Waals surface area contributed by atoms with E-state index in [4.69, 9.17) is 16.1 Å². The lowest BCUT2D eigenvalue weighted by molar-refractivity contribution is -0.142. The van der Waals surface area contributed by atoms with Gasteiger partial charge in [0, 0.05) is 0 Å². The molecule has 4 aromatic rings. The normalized spacial score (nSPS) is 12.8. The van der Waals surface area contributed by atoms with Crippen LogP contribution < -0.4 is 0 Å². The molecule has 0 saturated heterocycles. The van der Waals surface area contributed by atoms with E-state index in [1.807, 2.05) is 0 Å². The summed E-state index contributed by atoms with van der Waals surface area (Å²) in [6, 6.07) is 7.60. The number of hydrogen-bond acceptors (Lipinski definition) is 5. The van der Waals surface area contributed by atoms with Crippen LogP contribution in [0.1, 0.15) is 5.69 Å². The van der Waals surface area contributed by atoms with Gasteiger partial charge in [0.2, 0.25) is 0 Å². The zero-order chi connectivity index (χ0) is 27.1. The van der Waals surface area contributed by atoms with Gasteiger partial charge < -0.3 is 9.26 Å². The van der Waals surface area contributed by atoms with Crippen LogP contribution in [0, 0.1) is 11.6 Å². The number of methoxy groups -OCH3 is 1. The van der Waals surface area contributed by atoms with Crippen molar-refractivity contribution in [3.63, 3.8) is 0 Å². The Morgan fingerprint density at radius 2 is 1.81 bits per heavy atom. The van der Waals surface area contributed by atoms with Crippen LogP contribution in [0.4, 0.5) is 36.4 Å². The molecule has 0 aliphatic heterocycles. The second-order valence-electron chi connectivity index (χ2n) is 7.35. The largest absolute Gasteiger partial charge is 0.479 e. The Morgan fingerprint density at radius 1 is 1.11 bits per heavy atom. The van der Waals surface area contributed by atoms with Gasteiger partial charge in [-0.05, 0) is 30.3 Å². The lowest BCUT2D eigenvalue weighted by Gasteiger charge is -2.13.